The van der Waals surface area contributed by atoms with Crippen LogP contribution in [0.25, 0.3) is 0 Å². The molecule has 1 fully saturated rings. The third-order valence-corrected chi connectivity index (χ3v) is 5.52. The number of carbonyl (C=O) groups excluding carboxylic acids is 2. The Balaban J connectivity index is 1.69. The number of rotatable bonds is 5. The quantitative estimate of drug-likeness (QED) is 0.843. The van der Waals surface area contributed by atoms with Crippen LogP contribution in [0.15, 0.2) is 24.3 Å². The highest BCUT2D eigenvalue weighted by Gasteiger charge is 2.34. The standard InChI is InChI=1S/C20H26N4O2S/c1-5-13-8-6-7-9-15(13)24-12-14(10-17(24)26)18-22-23-19(27-18)21-16(25)11-20(2,3)4/h6-9,14H,5,10-12H2,1-4H3,(H,21,23,25)/t14-/m0/s1. The first-order valence-corrected chi connectivity index (χ1v) is 10.1. The summed E-state index contributed by atoms with van der Waals surface area (Å²) in [7, 11) is 0. The summed E-state index contributed by atoms with van der Waals surface area (Å²) in [6.45, 7) is 8.75. The van der Waals surface area contributed by atoms with Crippen molar-refractivity contribution < 1.29 is 9.59 Å². The minimum Gasteiger partial charge on any atom is -0.311 e. The van der Waals surface area contributed by atoms with Crippen LogP contribution in [-0.2, 0) is 16.0 Å². The minimum absolute atomic E-state index is 0.00757. The van der Waals surface area contributed by atoms with Gasteiger partial charge >= 0.3 is 0 Å². The van der Waals surface area contributed by atoms with Crippen LogP contribution < -0.4 is 10.2 Å². The van der Waals surface area contributed by atoms with E-state index in [4.69, 9.17) is 0 Å². The van der Waals surface area contributed by atoms with Crippen molar-refractivity contribution in [1.82, 2.24) is 10.2 Å². The smallest absolute Gasteiger partial charge is 0.227 e. The second-order valence-corrected chi connectivity index (χ2v) is 9.13. The number of aromatic nitrogens is 2. The lowest BCUT2D eigenvalue weighted by atomic mass is 9.92. The van der Waals surface area contributed by atoms with Crippen LogP contribution in [0.2, 0.25) is 0 Å². The van der Waals surface area contributed by atoms with Crippen LogP contribution in [0.3, 0.4) is 0 Å². The molecule has 1 aromatic carbocycles. The molecule has 1 aliphatic heterocycles. The number of hydrogen-bond acceptors (Lipinski definition) is 5. The number of anilines is 2. The lowest BCUT2D eigenvalue weighted by molar-refractivity contribution is -0.118. The molecule has 7 heteroatoms. The van der Waals surface area contributed by atoms with Crippen molar-refractivity contribution in [2.24, 2.45) is 5.41 Å². The van der Waals surface area contributed by atoms with E-state index in [2.05, 4.69) is 28.5 Å². The topological polar surface area (TPSA) is 75.2 Å². The van der Waals surface area contributed by atoms with Gasteiger partial charge in [-0.2, -0.15) is 0 Å². The Labute approximate surface area is 164 Å². The monoisotopic (exact) mass is 386 g/mol. The third-order valence-electron chi connectivity index (χ3n) is 4.52. The molecule has 0 spiro atoms. The normalized spacial score (nSPS) is 17.4. The number of amides is 2. The summed E-state index contributed by atoms with van der Waals surface area (Å²) < 4.78 is 0. The predicted octanol–water partition coefficient (Wildman–Crippen LogP) is 4.00. The van der Waals surface area contributed by atoms with Crippen LogP contribution in [0, 0.1) is 5.41 Å². The largest absolute Gasteiger partial charge is 0.311 e. The zero-order valence-electron chi connectivity index (χ0n) is 16.3. The Bertz CT molecular complexity index is 841. The SMILES string of the molecule is CCc1ccccc1N1C[C@@H](c2nnc(NC(=O)CC(C)(C)C)s2)CC1=O. The average molecular weight is 387 g/mol. The summed E-state index contributed by atoms with van der Waals surface area (Å²) in [4.78, 5) is 26.5. The summed E-state index contributed by atoms with van der Waals surface area (Å²) in [5.41, 5.74) is 2.07. The molecule has 3 rings (SSSR count). The first kappa shape index (κ1) is 19.5. The second-order valence-electron chi connectivity index (χ2n) is 8.12. The number of carbonyl (C=O) groups is 2. The van der Waals surface area contributed by atoms with Gasteiger partial charge in [-0.05, 0) is 23.5 Å². The molecule has 27 heavy (non-hydrogen) atoms. The van der Waals surface area contributed by atoms with Crippen LogP contribution in [-0.4, -0.2) is 28.6 Å². The molecule has 1 aromatic heterocycles. The van der Waals surface area contributed by atoms with Gasteiger partial charge < -0.3 is 10.2 Å². The van der Waals surface area contributed by atoms with Gasteiger partial charge in [-0.1, -0.05) is 57.2 Å². The average Bonchev–Trinajstić information content (AvgIpc) is 3.19. The van der Waals surface area contributed by atoms with E-state index in [1.807, 2.05) is 43.9 Å². The third kappa shape index (κ3) is 4.71. The van der Waals surface area contributed by atoms with E-state index in [1.54, 1.807) is 0 Å². The van der Waals surface area contributed by atoms with E-state index in [1.165, 1.54) is 16.9 Å². The molecule has 0 radical (unpaired) electrons. The van der Waals surface area contributed by atoms with Crippen molar-refractivity contribution in [3.05, 3.63) is 34.8 Å². The Hall–Kier alpha value is -2.28. The molecular formula is C20H26N4O2S. The van der Waals surface area contributed by atoms with E-state index in [0.717, 1.165) is 17.1 Å². The molecule has 2 heterocycles. The van der Waals surface area contributed by atoms with Crippen molar-refractivity contribution in [1.29, 1.82) is 0 Å². The van der Waals surface area contributed by atoms with Gasteiger partial charge in [0.15, 0.2) is 0 Å². The molecule has 6 nitrogen and oxygen atoms in total. The summed E-state index contributed by atoms with van der Waals surface area (Å²) in [6, 6.07) is 8.02. The number of para-hydroxylation sites is 1. The maximum atomic E-state index is 12.6. The van der Waals surface area contributed by atoms with Crippen molar-refractivity contribution in [2.45, 2.75) is 52.9 Å². The molecule has 2 aromatic rings. The van der Waals surface area contributed by atoms with Gasteiger partial charge in [-0.15, -0.1) is 10.2 Å². The molecule has 1 saturated heterocycles. The van der Waals surface area contributed by atoms with Crippen LogP contribution in [0.5, 0.6) is 0 Å². The Kier molecular flexibility index (Phi) is 5.60. The molecule has 0 aliphatic carbocycles. The number of benzene rings is 1. The minimum atomic E-state index is -0.0807. The zero-order chi connectivity index (χ0) is 19.6. The highest BCUT2D eigenvalue weighted by molar-refractivity contribution is 7.15. The van der Waals surface area contributed by atoms with E-state index < -0.39 is 0 Å². The number of hydrogen-bond donors (Lipinski definition) is 1. The molecular weight excluding hydrogens is 360 g/mol. The zero-order valence-corrected chi connectivity index (χ0v) is 17.1. The Morgan fingerprint density at radius 3 is 2.74 bits per heavy atom. The summed E-state index contributed by atoms with van der Waals surface area (Å²) >= 11 is 1.36. The Morgan fingerprint density at radius 1 is 1.30 bits per heavy atom. The van der Waals surface area contributed by atoms with E-state index in [9.17, 15) is 9.59 Å². The number of aryl methyl sites for hydroxylation is 1. The molecule has 1 atom stereocenters. The van der Waals surface area contributed by atoms with Crippen LogP contribution >= 0.6 is 11.3 Å². The van der Waals surface area contributed by atoms with Gasteiger partial charge in [-0.25, -0.2) is 0 Å². The molecule has 1 aliphatic rings. The summed E-state index contributed by atoms with van der Waals surface area (Å²) in [5, 5.41) is 12.4. The number of nitrogens with one attached hydrogen (secondary N) is 1. The predicted molar refractivity (Wildman–Crippen MR) is 108 cm³/mol. The van der Waals surface area contributed by atoms with Gasteiger partial charge in [-0.3, -0.25) is 9.59 Å². The lowest BCUT2D eigenvalue weighted by Gasteiger charge is -2.19. The van der Waals surface area contributed by atoms with E-state index in [0.29, 0.717) is 24.5 Å². The van der Waals surface area contributed by atoms with Crippen molar-refractivity contribution in [3.63, 3.8) is 0 Å². The van der Waals surface area contributed by atoms with E-state index in [-0.39, 0.29) is 23.1 Å². The fourth-order valence-electron chi connectivity index (χ4n) is 3.27. The first-order valence-electron chi connectivity index (χ1n) is 9.28. The van der Waals surface area contributed by atoms with Crippen molar-refractivity contribution in [2.75, 3.05) is 16.8 Å². The fraction of sp³-hybridized carbons (Fsp3) is 0.500. The van der Waals surface area contributed by atoms with E-state index >= 15 is 0 Å². The van der Waals surface area contributed by atoms with Gasteiger partial charge in [0.05, 0.1) is 0 Å². The molecule has 0 saturated carbocycles. The van der Waals surface area contributed by atoms with Gasteiger partial charge in [0, 0.05) is 31.0 Å². The fourth-order valence-corrected chi connectivity index (χ4v) is 4.12. The van der Waals surface area contributed by atoms with Crippen molar-refractivity contribution >= 4 is 34.0 Å². The summed E-state index contributed by atoms with van der Waals surface area (Å²) in [5.74, 6) is 0.0498. The van der Waals surface area contributed by atoms with Gasteiger partial charge in [0.1, 0.15) is 5.01 Å². The highest BCUT2D eigenvalue weighted by Crippen LogP contribution is 2.35. The maximum Gasteiger partial charge on any atom is 0.227 e. The Morgan fingerprint density at radius 2 is 2.04 bits per heavy atom. The first-order chi connectivity index (χ1) is 12.8. The van der Waals surface area contributed by atoms with Crippen LogP contribution in [0.1, 0.15) is 57.0 Å². The van der Waals surface area contributed by atoms with Gasteiger partial charge in [0.2, 0.25) is 16.9 Å². The molecule has 2 amide bonds. The molecule has 0 unspecified atom stereocenters. The van der Waals surface area contributed by atoms with Crippen molar-refractivity contribution in [3.8, 4) is 0 Å². The highest BCUT2D eigenvalue weighted by atomic mass is 32.1. The summed E-state index contributed by atoms with van der Waals surface area (Å²) in [6.07, 6.45) is 1.72. The lowest BCUT2D eigenvalue weighted by Crippen LogP contribution is -2.25. The second kappa shape index (κ2) is 7.76. The molecule has 1 N–H and O–H groups in total. The molecule has 144 valence electrons. The maximum absolute atomic E-state index is 12.6. The van der Waals surface area contributed by atoms with Gasteiger partial charge in [0.25, 0.3) is 0 Å². The number of nitrogens with zero attached hydrogens (tertiary/aromatic N) is 3. The molecule has 0 bridgehead atoms. The van der Waals surface area contributed by atoms with Crippen LogP contribution in [0.4, 0.5) is 10.8 Å².